The Balaban J connectivity index is 1.95. The van der Waals surface area contributed by atoms with Crippen LogP contribution in [0, 0.1) is 29.2 Å². The molecule has 1 radical (unpaired) electrons. The summed E-state index contributed by atoms with van der Waals surface area (Å²) in [4.78, 5) is 41.6. The first-order valence-corrected chi connectivity index (χ1v) is 13.0. The van der Waals surface area contributed by atoms with Crippen molar-refractivity contribution < 1.29 is 33.7 Å². The molecule has 2 unspecified atom stereocenters. The lowest BCUT2D eigenvalue weighted by Gasteiger charge is -2.55. The minimum atomic E-state index is -1.15. The Morgan fingerprint density at radius 1 is 1.21 bits per heavy atom. The normalized spacial score (nSPS) is 34.5. The maximum atomic E-state index is 14.1. The third-order valence-corrected chi connectivity index (χ3v) is 8.90. The second-order valence-corrected chi connectivity index (χ2v) is 11.1. The highest BCUT2D eigenvalue weighted by Gasteiger charge is 2.64. The molecule has 1 heterocycles. The lowest BCUT2D eigenvalue weighted by Crippen LogP contribution is -2.58. The number of nitrogens with zero attached hydrogens (tertiary/aromatic N) is 1. The van der Waals surface area contributed by atoms with E-state index in [0.29, 0.717) is 37.1 Å². The fourth-order valence-electron chi connectivity index (χ4n) is 7.10. The zero-order chi connectivity index (χ0) is 28.0. The summed E-state index contributed by atoms with van der Waals surface area (Å²) in [6, 6.07) is 0. The van der Waals surface area contributed by atoms with Gasteiger partial charge in [0.15, 0.2) is 5.76 Å². The summed E-state index contributed by atoms with van der Waals surface area (Å²) in [5.41, 5.74) is 0.653. The molecule has 1 saturated heterocycles. The number of rotatable bonds is 9. The zero-order valence-electron chi connectivity index (χ0n) is 22.7. The third-order valence-electron chi connectivity index (χ3n) is 8.90. The second kappa shape index (κ2) is 10.3. The standard InChI is InChI=1S/C30H38NO7/c1-8-12-31(13-9-2)15-19-24-27(34)26(33)23-20-11-10-17(3)29(20,5)14-21(37-18(4)32)25(23)30(24,6)22(16-36-7)38-28(19)35/h8-9,15,19-22,34H,1-3,10-14,16H2,4-7H3/t19?,20?,21-,22-,29-,30+/m1/s1. The van der Waals surface area contributed by atoms with E-state index in [1.54, 1.807) is 18.7 Å². The third kappa shape index (κ3) is 4.18. The van der Waals surface area contributed by atoms with Gasteiger partial charge in [0.25, 0.3) is 0 Å². The first-order chi connectivity index (χ1) is 17.9. The Morgan fingerprint density at radius 3 is 2.45 bits per heavy atom. The number of esters is 2. The van der Waals surface area contributed by atoms with Gasteiger partial charge in [0.1, 0.15) is 12.2 Å². The van der Waals surface area contributed by atoms with Crippen LogP contribution < -0.4 is 0 Å². The van der Waals surface area contributed by atoms with Crippen LogP contribution in [-0.4, -0.2) is 66.7 Å². The Morgan fingerprint density at radius 2 is 1.87 bits per heavy atom. The quantitative estimate of drug-likeness (QED) is 0.357. The molecule has 0 aromatic heterocycles. The lowest BCUT2D eigenvalue weighted by atomic mass is 9.52. The lowest BCUT2D eigenvalue weighted by molar-refractivity contribution is -0.171. The van der Waals surface area contributed by atoms with Gasteiger partial charge in [-0.15, -0.1) is 13.2 Å². The van der Waals surface area contributed by atoms with Crippen molar-refractivity contribution in [2.45, 2.75) is 52.2 Å². The monoisotopic (exact) mass is 524 g/mol. The van der Waals surface area contributed by atoms with Crippen LogP contribution >= 0.6 is 0 Å². The summed E-state index contributed by atoms with van der Waals surface area (Å²) in [6.07, 6.45) is 3.65. The molecule has 205 valence electrons. The van der Waals surface area contributed by atoms with Crippen LogP contribution in [0.1, 0.15) is 40.0 Å². The van der Waals surface area contributed by atoms with Gasteiger partial charge in [-0.3, -0.25) is 19.3 Å². The SMILES string of the molecule is C=CCN([CH]C1C(=O)O[C@H](COC)[C@@]2(C)C1=C(O)C(=O)C1=C2[C@H](OC(C)=O)C[C@]2(C)C(=C)CCC12)CC=C. The van der Waals surface area contributed by atoms with Gasteiger partial charge in [-0.2, -0.15) is 0 Å². The molecule has 4 rings (SSSR count). The van der Waals surface area contributed by atoms with Crippen LogP contribution in [0.25, 0.3) is 0 Å². The van der Waals surface area contributed by atoms with Crippen molar-refractivity contribution >= 4 is 17.7 Å². The van der Waals surface area contributed by atoms with Crippen LogP contribution in [0.4, 0.5) is 0 Å². The Labute approximate surface area is 224 Å². The number of carbonyl (C=O) groups is 3. The van der Waals surface area contributed by atoms with E-state index in [-0.39, 0.29) is 18.1 Å². The van der Waals surface area contributed by atoms with E-state index in [9.17, 15) is 19.5 Å². The van der Waals surface area contributed by atoms with Gasteiger partial charge in [0.05, 0.1) is 17.9 Å². The van der Waals surface area contributed by atoms with Crippen molar-refractivity contribution in [1.82, 2.24) is 4.90 Å². The van der Waals surface area contributed by atoms with E-state index in [2.05, 4.69) is 19.7 Å². The highest BCUT2D eigenvalue weighted by molar-refractivity contribution is 6.11. The minimum Gasteiger partial charge on any atom is -0.504 e. The Kier molecular flexibility index (Phi) is 7.60. The van der Waals surface area contributed by atoms with E-state index in [1.165, 1.54) is 14.0 Å². The molecule has 0 bridgehead atoms. The van der Waals surface area contributed by atoms with Gasteiger partial charge in [0.2, 0.25) is 5.78 Å². The van der Waals surface area contributed by atoms with Gasteiger partial charge in [-0.1, -0.05) is 31.2 Å². The fraction of sp³-hybridized carbons (Fsp3) is 0.533. The van der Waals surface area contributed by atoms with Crippen LogP contribution in [0.2, 0.25) is 0 Å². The average Bonchev–Trinajstić information content (AvgIpc) is 3.13. The second-order valence-electron chi connectivity index (χ2n) is 11.1. The number of hydrogen-bond donors (Lipinski definition) is 1. The predicted octanol–water partition coefficient (Wildman–Crippen LogP) is 4.02. The van der Waals surface area contributed by atoms with Crippen molar-refractivity contribution in [2.75, 3.05) is 26.8 Å². The molecule has 0 amide bonds. The summed E-state index contributed by atoms with van der Waals surface area (Å²) in [5, 5.41) is 11.6. The van der Waals surface area contributed by atoms with Gasteiger partial charge >= 0.3 is 11.9 Å². The first-order valence-electron chi connectivity index (χ1n) is 13.0. The van der Waals surface area contributed by atoms with E-state index >= 15 is 0 Å². The largest absolute Gasteiger partial charge is 0.504 e. The molecule has 1 N–H and O–H groups in total. The number of aliphatic hydroxyl groups is 1. The van der Waals surface area contributed by atoms with Crippen molar-refractivity contribution in [3.05, 3.63) is 66.5 Å². The number of carbonyl (C=O) groups excluding carboxylic acids is 3. The molecule has 8 nitrogen and oxygen atoms in total. The van der Waals surface area contributed by atoms with E-state index in [0.717, 1.165) is 12.0 Å². The summed E-state index contributed by atoms with van der Waals surface area (Å²) < 4.78 is 17.4. The van der Waals surface area contributed by atoms with Crippen LogP contribution in [-0.2, 0) is 28.6 Å². The van der Waals surface area contributed by atoms with Gasteiger partial charge < -0.3 is 19.3 Å². The number of hydrogen-bond acceptors (Lipinski definition) is 8. The number of Topliss-reactive ketones (excluding diaryl/α,β-unsaturated/α-hetero) is 1. The smallest absolute Gasteiger partial charge is 0.315 e. The molecule has 0 aromatic carbocycles. The number of cyclic esters (lactones) is 1. The molecule has 8 heteroatoms. The van der Waals surface area contributed by atoms with Crippen LogP contribution in [0.5, 0.6) is 0 Å². The number of methoxy groups -OCH3 is 1. The van der Waals surface area contributed by atoms with Crippen molar-refractivity contribution in [1.29, 1.82) is 0 Å². The van der Waals surface area contributed by atoms with E-state index in [1.807, 2.05) is 18.7 Å². The van der Waals surface area contributed by atoms with Gasteiger partial charge in [0, 0.05) is 44.8 Å². The molecule has 6 atom stereocenters. The summed E-state index contributed by atoms with van der Waals surface area (Å²) in [6.45, 7) is 19.6. The van der Waals surface area contributed by atoms with Crippen LogP contribution in [0.15, 0.2) is 59.9 Å². The first kappa shape index (κ1) is 28.0. The van der Waals surface area contributed by atoms with E-state index < -0.39 is 52.4 Å². The van der Waals surface area contributed by atoms with Crippen molar-refractivity contribution in [3.63, 3.8) is 0 Å². The molecule has 1 aliphatic heterocycles. The summed E-state index contributed by atoms with van der Waals surface area (Å²) in [5.74, 6) is -3.31. The maximum absolute atomic E-state index is 14.1. The molecule has 38 heavy (non-hydrogen) atoms. The van der Waals surface area contributed by atoms with Crippen molar-refractivity contribution in [3.8, 4) is 0 Å². The molecule has 1 saturated carbocycles. The van der Waals surface area contributed by atoms with Gasteiger partial charge in [-0.05, 0) is 43.1 Å². The zero-order valence-corrected chi connectivity index (χ0v) is 22.7. The molecule has 2 fully saturated rings. The molecule has 3 aliphatic carbocycles. The number of ether oxygens (including phenoxy) is 3. The molecular formula is C30H38NO7. The van der Waals surface area contributed by atoms with Gasteiger partial charge in [-0.25, -0.2) is 0 Å². The highest BCUT2D eigenvalue weighted by Crippen LogP contribution is 2.64. The Hall–Kier alpha value is -2.97. The van der Waals surface area contributed by atoms with Crippen molar-refractivity contribution in [2.24, 2.45) is 22.7 Å². The average molecular weight is 525 g/mol. The molecule has 0 aromatic rings. The number of aliphatic hydroxyl groups excluding tert-OH is 1. The summed E-state index contributed by atoms with van der Waals surface area (Å²) in [7, 11) is 1.50. The van der Waals surface area contributed by atoms with E-state index in [4.69, 9.17) is 14.2 Å². The number of ketones is 1. The summed E-state index contributed by atoms with van der Waals surface area (Å²) >= 11 is 0. The minimum absolute atomic E-state index is 0.0289. The Bertz CT molecular complexity index is 1140. The number of allylic oxidation sites excluding steroid dienone is 2. The molecule has 0 spiro atoms. The molecular weight excluding hydrogens is 486 g/mol. The predicted molar refractivity (Wildman–Crippen MR) is 141 cm³/mol. The highest BCUT2D eigenvalue weighted by atomic mass is 16.6. The number of fused-ring (bicyclic) bond motifs is 4. The topological polar surface area (TPSA) is 102 Å². The van der Waals surface area contributed by atoms with Crippen LogP contribution in [0.3, 0.4) is 0 Å². The molecule has 4 aliphatic rings. The maximum Gasteiger partial charge on any atom is 0.315 e. The fourth-order valence-corrected chi connectivity index (χ4v) is 7.10.